The number of hydrogen-bond donors (Lipinski definition) is 2. The second kappa shape index (κ2) is 10.5. The summed E-state index contributed by atoms with van der Waals surface area (Å²) in [6, 6.07) is 9.46. The van der Waals surface area contributed by atoms with Crippen molar-refractivity contribution in [3.63, 3.8) is 0 Å². The number of hydrogen-bond acceptors (Lipinski definition) is 7. The van der Waals surface area contributed by atoms with Crippen molar-refractivity contribution in [2.45, 2.75) is 12.5 Å². The molecule has 2 amide bonds. The Labute approximate surface area is 188 Å². The molecule has 1 unspecified atom stereocenters. The van der Waals surface area contributed by atoms with Crippen molar-refractivity contribution in [1.82, 2.24) is 15.2 Å². The maximum atomic E-state index is 13.4. The number of carbonyl (C=O) groups is 2. The number of carbonyl (C=O) groups excluding carboxylic acids is 2. The number of nitrogens with zero attached hydrogens (tertiary/aromatic N) is 2. The van der Waals surface area contributed by atoms with Crippen LogP contribution < -0.4 is 10.6 Å². The SMILES string of the molecule is O=C(Cc1csc(NC(=O)c2ccco2)n1)NCC(c1ccc(F)cc1)N1CCOCC1. The van der Waals surface area contributed by atoms with Crippen LogP contribution in [0, 0.1) is 5.82 Å². The number of benzene rings is 1. The van der Waals surface area contributed by atoms with Crippen LogP contribution in [0.1, 0.15) is 27.9 Å². The minimum absolute atomic E-state index is 0.0815. The normalized spacial score (nSPS) is 15.3. The summed E-state index contributed by atoms with van der Waals surface area (Å²) in [5, 5.41) is 7.74. The first-order valence-corrected chi connectivity index (χ1v) is 11.1. The van der Waals surface area contributed by atoms with Crippen LogP contribution in [0.25, 0.3) is 0 Å². The monoisotopic (exact) mass is 458 g/mol. The zero-order valence-electron chi connectivity index (χ0n) is 17.3. The summed E-state index contributed by atoms with van der Waals surface area (Å²) in [4.78, 5) is 31.1. The fourth-order valence-electron chi connectivity index (χ4n) is 3.48. The van der Waals surface area contributed by atoms with E-state index in [9.17, 15) is 14.0 Å². The smallest absolute Gasteiger partial charge is 0.293 e. The molecule has 3 heterocycles. The number of thiazole rings is 1. The third-order valence-corrected chi connectivity index (χ3v) is 5.90. The molecule has 2 aromatic heterocycles. The third kappa shape index (κ3) is 5.78. The topological polar surface area (TPSA) is 96.7 Å². The molecule has 1 aromatic carbocycles. The van der Waals surface area contributed by atoms with Crippen molar-refractivity contribution in [1.29, 1.82) is 0 Å². The average Bonchev–Trinajstić information content (AvgIpc) is 3.48. The van der Waals surface area contributed by atoms with E-state index in [-0.39, 0.29) is 29.9 Å². The molecule has 4 rings (SSSR count). The van der Waals surface area contributed by atoms with E-state index in [0.717, 1.165) is 18.7 Å². The number of rotatable bonds is 8. The van der Waals surface area contributed by atoms with Gasteiger partial charge in [0.2, 0.25) is 5.91 Å². The summed E-state index contributed by atoms with van der Waals surface area (Å²) in [6.07, 6.45) is 1.51. The maximum Gasteiger partial charge on any atom is 0.293 e. The quantitative estimate of drug-likeness (QED) is 0.539. The van der Waals surface area contributed by atoms with E-state index in [1.165, 1.54) is 29.7 Å². The van der Waals surface area contributed by atoms with E-state index in [4.69, 9.17) is 9.15 Å². The lowest BCUT2D eigenvalue weighted by Crippen LogP contribution is -2.44. The summed E-state index contributed by atoms with van der Waals surface area (Å²) in [7, 11) is 0. The molecule has 3 aromatic rings. The third-order valence-electron chi connectivity index (χ3n) is 5.09. The van der Waals surface area contributed by atoms with Gasteiger partial charge in [0.25, 0.3) is 5.91 Å². The van der Waals surface area contributed by atoms with Crippen LogP contribution in [0.5, 0.6) is 0 Å². The van der Waals surface area contributed by atoms with Crippen LogP contribution in [0.15, 0.2) is 52.5 Å². The van der Waals surface area contributed by atoms with Gasteiger partial charge in [-0.1, -0.05) is 12.1 Å². The van der Waals surface area contributed by atoms with E-state index < -0.39 is 5.91 Å². The Morgan fingerprint density at radius 2 is 1.97 bits per heavy atom. The first-order chi connectivity index (χ1) is 15.6. The highest BCUT2D eigenvalue weighted by Crippen LogP contribution is 2.22. The molecule has 168 valence electrons. The molecule has 2 N–H and O–H groups in total. The summed E-state index contributed by atoms with van der Waals surface area (Å²) in [5.41, 5.74) is 1.50. The molecular formula is C22H23FN4O4S. The maximum absolute atomic E-state index is 13.4. The molecular weight excluding hydrogens is 435 g/mol. The van der Waals surface area contributed by atoms with E-state index in [2.05, 4.69) is 20.5 Å². The summed E-state index contributed by atoms with van der Waals surface area (Å²) >= 11 is 1.24. The van der Waals surface area contributed by atoms with E-state index in [1.54, 1.807) is 29.6 Å². The van der Waals surface area contributed by atoms with Crippen molar-refractivity contribution in [3.05, 3.63) is 70.9 Å². The van der Waals surface area contributed by atoms with Crippen LogP contribution in [0.4, 0.5) is 9.52 Å². The van der Waals surface area contributed by atoms with E-state index in [0.29, 0.717) is 30.6 Å². The zero-order chi connectivity index (χ0) is 22.3. The number of amides is 2. The van der Waals surface area contributed by atoms with Gasteiger partial charge in [-0.05, 0) is 29.8 Å². The molecule has 0 saturated carbocycles. The molecule has 0 radical (unpaired) electrons. The Hall–Kier alpha value is -3.08. The van der Waals surface area contributed by atoms with Gasteiger partial charge in [0.05, 0.1) is 37.6 Å². The fraction of sp³-hybridized carbons (Fsp3) is 0.318. The van der Waals surface area contributed by atoms with E-state index in [1.807, 2.05) is 0 Å². The minimum Gasteiger partial charge on any atom is -0.459 e. The first kappa shape index (κ1) is 22.1. The number of aromatic nitrogens is 1. The average molecular weight is 459 g/mol. The Bertz CT molecular complexity index is 1030. The summed E-state index contributed by atoms with van der Waals surface area (Å²) in [6.45, 7) is 3.11. The predicted octanol–water partition coefficient (Wildman–Crippen LogP) is 2.86. The molecule has 1 aliphatic rings. The number of anilines is 1. The fourth-order valence-corrected chi connectivity index (χ4v) is 4.19. The highest BCUT2D eigenvalue weighted by atomic mass is 32.1. The van der Waals surface area contributed by atoms with Gasteiger partial charge in [-0.15, -0.1) is 11.3 Å². The number of ether oxygens (including phenoxy) is 1. The van der Waals surface area contributed by atoms with Crippen molar-refractivity contribution in [2.75, 3.05) is 38.2 Å². The standard InChI is InChI=1S/C22H23FN4O4S/c23-16-5-3-15(4-6-16)18(27-7-10-30-11-8-27)13-24-20(28)12-17-14-32-22(25-17)26-21(29)19-2-1-9-31-19/h1-6,9,14,18H,7-8,10-13H2,(H,24,28)(H,25,26,29). The van der Waals surface area contributed by atoms with Crippen LogP contribution in [-0.4, -0.2) is 54.5 Å². The van der Waals surface area contributed by atoms with E-state index >= 15 is 0 Å². The lowest BCUT2D eigenvalue weighted by Gasteiger charge is -2.35. The molecule has 32 heavy (non-hydrogen) atoms. The van der Waals surface area contributed by atoms with Gasteiger partial charge in [0.15, 0.2) is 10.9 Å². The largest absolute Gasteiger partial charge is 0.459 e. The van der Waals surface area contributed by atoms with Crippen LogP contribution >= 0.6 is 11.3 Å². The van der Waals surface area contributed by atoms with Gasteiger partial charge in [-0.2, -0.15) is 0 Å². The first-order valence-electron chi connectivity index (χ1n) is 10.2. The minimum atomic E-state index is -0.395. The Kier molecular flexibility index (Phi) is 7.25. The highest BCUT2D eigenvalue weighted by molar-refractivity contribution is 7.14. The van der Waals surface area contributed by atoms with Crippen LogP contribution in [0.2, 0.25) is 0 Å². The van der Waals surface area contributed by atoms with Gasteiger partial charge in [0.1, 0.15) is 5.82 Å². The number of morpholine rings is 1. The molecule has 0 spiro atoms. The lowest BCUT2D eigenvalue weighted by atomic mass is 10.0. The highest BCUT2D eigenvalue weighted by Gasteiger charge is 2.23. The Morgan fingerprint density at radius 1 is 1.19 bits per heavy atom. The van der Waals surface area contributed by atoms with Crippen molar-refractivity contribution >= 4 is 28.3 Å². The molecule has 0 aliphatic carbocycles. The van der Waals surface area contributed by atoms with Crippen LogP contribution in [-0.2, 0) is 16.0 Å². The second-order valence-electron chi connectivity index (χ2n) is 7.27. The van der Waals surface area contributed by atoms with Gasteiger partial charge in [-0.25, -0.2) is 9.37 Å². The van der Waals surface area contributed by atoms with Gasteiger partial charge >= 0.3 is 0 Å². The van der Waals surface area contributed by atoms with Crippen LogP contribution in [0.3, 0.4) is 0 Å². The molecule has 0 bridgehead atoms. The molecule has 1 fully saturated rings. The van der Waals surface area contributed by atoms with Crippen molar-refractivity contribution in [2.24, 2.45) is 0 Å². The second-order valence-corrected chi connectivity index (χ2v) is 8.13. The van der Waals surface area contributed by atoms with Gasteiger partial charge < -0.3 is 14.5 Å². The van der Waals surface area contributed by atoms with Crippen molar-refractivity contribution < 1.29 is 23.1 Å². The molecule has 8 nitrogen and oxygen atoms in total. The Balaban J connectivity index is 1.33. The number of halogens is 1. The van der Waals surface area contributed by atoms with Gasteiger partial charge in [0, 0.05) is 25.0 Å². The molecule has 1 saturated heterocycles. The lowest BCUT2D eigenvalue weighted by molar-refractivity contribution is -0.120. The summed E-state index contributed by atoms with van der Waals surface area (Å²) in [5.74, 6) is -0.681. The molecule has 1 atom stereocenters. The number of furan rings is 1. The predicted molar refractivity (Wildman–Crippen MR) is 117 cm³/mol. The Morgan fingerprint density at radius 3 is 2.69 bits per heavy atom. The molecule has 10 heteroatoms. The van der Waals surface area contributed by atoms with Crippen molar-refractivity contribution in [3.8, 4) is 0 Å². The summed E-state index contributed by atoms with van der Waals surface area (Å²) < 4.78 is 23.9. The zero-order valence-corrected chi connectivity index (χ0v) is 18.1. The molecule has 1 aliphatic heterocycles. The van der Waals surface area contributed by atoms with Gasteiger partial charge in [-0.3, -0.25) is 19.8 Å². The number of nitrogens with one attached hydrogen (secondary N) is 2.